The Bertz CT molecular complexity index is 597. The van der Waals surface area contributed by atoms with E-state index in [0.29, 0.717) is 5.69 Å². The predicted octanol–water partition coefficient (Wildman–Crippen LogP) is 4.36. The molecule has 0 spiro atoms. The molecular formula is C17H20BrNO3. The Morgan fingerprint density at radius 2 is 2.00 bits per heavy atom. The van der Waals surface area contributed by atoms with Crippen LogP contribution in [-0.4, -0.2) is 18.6 Å². The lowest BCUT2D eigenvalue weighted by molar-refractivity contribution is -0.121. The second-order valence-corrected chi connectivity index (χ2v) is 7.15. The lowest BCUT2D eigenvalue weighted by atomic mass is 9.77. The number of carbonyl (C=O) groups is 2. The van der Waals surface area contributed by atoms with Gasteiger partial charge in [-0.3, -0.25) is 4.79 Å². The van der Waals surface area contributed by atoms with E-state index in [4.69, 9.17) is 4.74 Å². The second kappa shape index (κ2) is 6.03. The monoisotopic (exact) mass is 365 g/mol. The molecule has 1 aromatic carbocycles. The molecule has 2 amide bonds. The number of imide groups is 1. The van der Waals surface area contributed by atoms with E-state index in [-0.39, 0.29) is 18.4 Å². The van der Waals surface area contributed by atoms with Crippen molar-refractivity contribution in [3.8, 4) is 0 Å². The molecule has 1 aliphatic heterocycles. The van der Waals surface area contributed by atoms with Crippen LogP contribution in [0.4, 0.5) is 10.5 Å². The molecule has 118 valence electrons. The summed E-state index contributed by atoms with van der Waals surface area (Å²) in [5, 5.41) is 0. The lowest BCUT2D eigenvalue weighted by Crippen LogP contribution is -2.44. The summed E-state index contributed by atoms with van der Waals surface area (Å²) in [7, 11) is 0. The summed E-state index contributed by atoms with van der Waals surface area (Å²) in [4.78, 5) is 26.5. The fourth-order valence-electron chi connectivity index (χ4n) is 3.63. The van der Waals surface area contributed by atoms with Crippen LogP contribution < -0.4 is 4.90 Å². The van der Waals surface area contributed by atoms with Crippen molar-refractivity contribution in [3.63, 3.8) is 0 Å². The van der Waals surface area contributed by atoms with Crippen molar-refractivity contribution in [3.05, 3.63) is 29.8 Å². The third-order valence-corrected chi connectivity index (χ3v) is 6.08. The SMILES string of the molecule is CCOC(=O)N1C(=O)C(Br)(C2CCCCC2)c2ccccc21. The Hall–Kier alpha value is -1.36. The fourth-order valence-corrected chi connectivity index (χ4v) is 4.60. The van der Waals surface area contributed by atoms with Gasteiger partial charge in [0.1, 0.15) is 4.32 Å². The van der Waals surface area contributed by atoms with Crippen LogP contribution in [0.3, 0.4) is 0 Å². The largest absolute Gasteiger partial charge is 0.449 e. The van der Waals surface area contributed by atoms with Crippen LogP contribution in [0.25, 0.3) is 0 Å². The van der Waals surface area contributed by atoms with E-state index in [2.05, 4.69) is 15.9 Å². The first-order valence-corrected chi connectivity index (χ1v) is 8.69. The minimum absolute atomic E-state index is 0.209. The molecule has 3 rings (SSSR count). The van der Waals surface area contributed by atoms with Crippen molar-refractivity contribution in [2.24, 2.45) is 5.92 Å². The minimum atomic E-state index is -0.795. The highest BCUT2D eigenvalue weighted by Crippen LogP contribution is 2.54. The molecule has 0 radical (unpaired) electrons. The van der Waals surface area contributed by atoms with Gasteiger partial charge in [0.15, 0.2) is 0 Å². The third-order valence-electron chi connectivity index (χ3n) is 4.67. The lowest BCUT2D eigenvalue weighted by Gasteiger charge is -2.34. The Balaban J connectivity index is 2.05. The third kappa shape index (κ3) is 2.26. The van der Waals surface area contributed by atoms with Gasteiger partial charge in [0.05, 0.1) is 12.3 Å². The number of nitrogens with zero attached hydrogens (tertiary/aromatic N) is 1. The number of ether oxygens (including phenoxy) is 1. The van der Waals surface area contributed by atoms with Gasteiger partial charge < -0.3 is 4.74 Å². The van der Waals surface area contributed by atoms with E-state index in [1.807, 2.05) is 24.3 Å². The summed E-state index contributed by atoms with van der Waals surface area (Å²) in [6.07, 6.45) is 4.90. The first kappa shape index (κ1) is 15.5. The van der Waals surface area contributed by atoms with Gasteiger partial charge in [0.2, 0.25) is 0 Å². The first-order valence-electron chi connectivity index (χ1n) is 7.90. The van der Waals surface area contributed by atoms with Crippen LogP contribution in [0.2, 0.25) is 0 Å². The quantitative estimate of drug-likeness (QED) is 0.731. The number of amides is 2. The smallest absolute Gasteiger partial charge is 0.421 e. The molecule has 1 saturated carbocycles. The molecule has 22 heavy (non-hydrogen) atoms. The van der Waals surface area contributed by atoms with Crippen LogP contribution >= 0.6 is 15.9 Å². The molecule has 0 aromatic heterocycles. The molecular weight excluding hydrogens is 346 g/mol. The number of rotatable bonds is 2. The molecule has 1 atom stereocenters. The van der Waals surface area contributed by atoms with Crippen molar-refractivity contribution in [2.45, 2.75) is 43.4 Å². The average molecular weight is 366 g/mol. The molecule has 4 nitrogen and oxygen atoms in total. The normalized spacial score (nSPS) is 25.2. The van der Waals surface area contributed by atoms with Gasteiger partial charge in [-0.1, -0.05) is 53.4 Å². The first-order chi connectivity index (χ1) is 10.6. The van der Waals surface area contributed by atoms with Gasteiger partial charge in [-0.05, 0) is 31.7 Å². The number of hydrogen-bond donors (Lipinski definition) is 0. The van der Waals surface area contributed by atoms with Crippen LogP contribution in [0.1, 0.15) is 44.6 Å². The zero-order valence-electron chi connectivity index (χ0n) is 12.7. The Morgan fingerprint density at radius 3 is 2.68 bits per heavy atom. The van der Waals surface area contributed by atoms with E-state index >= 15 is 0 Å². The van der Waals surface area contributed by atoms with Gasteiger partial charge in [-0.2, -0.15) is 0 Å². The number of hydrogen-bond acceptors (Lipinski definition) is 3. The number of carbonyl (C=O) groups excluding carboxylic acids is 2. The van der Waals surface area contributed by atoms with Gasteiger partial charge in [0.25, 0.3) is 5.91 Å². The minimum Gasteiger partial charge on any atom is -0.449 e. The van der Waals surface area contributed by atoms with Crippen LogP contribution in [0.15, 0.2) is 24.3 Å². The van der Waals surface area contributed by atoms with Crippen molar-refractivity contribution < 1.29 is 14.3 Å². The summed E-state index contributed by atoms with van der Waals surface area (Å²) in [6, 6.07) is 7.52. The molecule has 1 fully saturated rings. The highest BCUT2D eigenvalue weighted by molar-refractivity contribution is 9.10. The van der Waals surface area contributed by atoms with Gasteiger partial charge in [0, 0.05) is 5.56 Å². The number of alkyl halides is 1. The Labute approximate surface area is 138 Å². The molecule has 0 N–H and O–H groups in total. The molecule has 0 saturated heterocycles. The van der Waals surface area contributed by atoms with Crippen LogP contribution in [0, 0.1) is 5.92 Å². The van der Waals surface area contributed by atoms with Crippen molar-refractivity contribution in [2.75, 3.05) is 11.5 Å². The Kier molecular flexibility index (Phi) is 4.26. The maximum absolute atomic E-state index is 13.1. The zero-order chi connectivity index (χ0) is 15.7. The maximum atomic E-state index is 13.1. The number of halogens is 1. The van der Waals surface area contributed by atoms with Crippen molar-refractivity contribution >= 4 is 33.6 Å². The summed E-state index contributed by atoms with van der Waals surface area (Å²) in [5.41, 5.74) is 1.54. The molecule has 2 aliphatic rings. The Morgan fingerprint density at radius 1 is 1.32 bits per heavy atom. The summed E-state index contributed by atoms with van der Waals surface area (Å²) < 4.78 is 4.28. The molecule has 1 aromatic rings. The topological polar surface area (TPSA) is 46.6 Å². The van der Waals surface area contributed by atoms with E-state index in [1.54, 1.807) is 6.92 Å². The van der Waals surface area contributed by atoms with E-state index in [9.17, 15) is 9.59 Å². The number of para-hydroxylation sites is 1. The average Bonchev–Trinajstić information content (AvgIpc) is 2.78. The molecule has 1 aliphatic carbocycles. The number of benzene rings is 1. The predicted molar refractivity (Wildman–Crippen MR) is 88.1 cm³/mol. The second-order valence-electron chi connectivity index (χ2n) is 5.90. The molecule has 1 heterocycles. The summed E-state index contributed by atoms with van der Waals surface area (Å²) in [6.45, 7) is 2.00. The van der Waals surface area contributed by atoms with Gasteiger partial charge in [-0.15, -0.1) is 0 Å². The van der Waals surface area contributed by atoms with Crippen molar-refractivity contribution in [1.29, 1.82) is 0 Å². The maximum Gasteiger partial charge on any atom is 0.421 e. The van der Waals surface area contributed by atoms with E-state index in [1.165, 1.54) is 11.3 Å². The van der Waals surface area contributed by atoms with E-state index in [0.717, 1.165) is 31.2 Å². The summed E-state index contributed by atoms with van der Waals surface area (Å²) in [5.74, 6) is 0.00776. The standard InChI is InChI=1S/C17H20BrNO3/c1-2-22-16(21)19-14-11-7-6-10-13(14)17(18,15(19)20)12-8-4-3-5-9-12/h6-7,10-12H,2-5,8-9H2,1H3. The molecule has 1 unspecified atom stereocenters. The van der Waals surface area contributed by atoms with Crippen molar-refractivity contribution in [1.82, 2.24) is 0 Å². The highest BCUT2D eigenvalue weighted by atomic mass is 79.9. The van der Waals surface area contributed by atoms with Crippen LogP contribution in [0.5, 0.6) is 0 Å². The molecule has 0 bridgehead atoms. The van der Waals surface area contributed by atoms with E-state index < -0.39 is 10.4 Å². The van der Waals surface area contributed by atoms with Gasteiger partial charge >= 0.3 is 6.09 Å². The number of anilines is 1. The fraction of sp³-hybridized carbons (Fsp3) is 0.529. The summed E-state index contributed by atoms with van der Waals surface area (Å²) >= 11 is 3.73. The zero-order valence-corrected chi connectivity index (χ0v) is 14.3. The molecule has 5 heteroatoms. The highest BCUT2D eigenvalue weighted by Gasteiger charge is 2.55. The van der Waals surface area contributed by atoms with Crippen LogP contribution in [-0.2, 0) is 13.9 Å². The number of fused-ring (bicyclic) bond motifs is 1. The van der Waals surface area contributed by atoms with Gasteiger partial charge in [-0.25, -0.2) is 9.69 Å².